The molecule has 0 unspecified atom stereocenters. The van der Waals surface area contributed by atoms with Gasteiger partial charge in [-0.05, 0) is 23.9 Å². The number of fused-ring (bicyclic) bond motifs is 1. The Morgan fingerprint density at radius 2 is 1.52 bits per heavy atom. The summed E-state index contributed by atoms with van der Waals surface area (Å²) in [5.41, 5.74) is -2.62. The fourth-order valence-electron chi connectivity index (χ4n) is 2.10. The lowest BCUT2D eigenvalue weighted by atomic mass is 10.1. The summed E-state index contributed by atoms with van der Waals surface area (Å²) >= 11 is -0.125. The average molecular weight is 305 g/mol. The Balaban J connectivity index is 2.22. The Kier molecular flexibility index (Phi) is 3.59. The minimum absolute atomic E-state index is 0.118. The van der Waals surface area contributed by atoms with Crippen LogP contribution in [0.25, 0.3) is 22.2 Å². The highest BCUT2D eigenvalue weighted by molar-refractivity contribution is 8.00. The van der Waals surface area contributed by atoms with Gasteiger partial charge in [0, 0.05) is 15.8 Å². The second kappa shape index (κ2) is 5.41. The SMILES string of the molecule is FC(F)(F)Sc1cc2ccccc2nc1-c1ccccc1. The topological polar surface area (TPSA) is 12.9 Å². The number of pyridine rings is 1. The van der Waals surface area contributed by atoms with E-state index in [4.69, 9.17) is 0 Å². The quantitative estimate of drug-likeness (QED) is 0.579. The van der Waals surface area contributed by atoms with Crippen LogP contribution in [0.2, 0.25) is 0 Å². The Labute approximate surface area is 123 Å². The van der Waals surface area contributed by atoms with Crippen LogP contribution in [-0.4, -0.2) is 10.5 Å². The first-order valence-electron chi connectivity index (χ1n) is 6.24. The molecule has 3 aromatic rings. The summed E-state index contributed by atoms with van der Waals surface area (Å²) in [6.45, 7) is 0. The minimum atomic E-state index is -4.34. The monoisotopic (exact) mass is 305 g/mol. The number of rotatable bonds is 2. The summed E-state index contributed by atoms with van der Waals surface area (Å²) in [5, 5.41) is 0.698. The van der Waals surface area contributed by atoms with Crippen molar-refractivity contribution in [1.82, 2.24) is 4.98 Å². The lowest BCUT2D eigenvalue weighted by molar-refractivity contribution is -0.0328. The van der Waals surface area contributed by atoms with E-state index in [0.717, 1.165) is 0 Å². The van der Waals surface area contributed by atoms with E-state index in [9.17, 15) is 13.2 Å². The summed E-state index contributed by atoms with van der Waals surface area (Å²) in [4.78, 5) is 4.53. The van der Waals surface area contributed by atoms with Crippen molar-refractivity contribution in [3.05, 3.63) is 60.7 Å². The molecule has 5 heteroatoms. The molecule has 0 saturated carbocycles. The molecule has 0 fully saturated rings. The lowest BCUT2D eigenvalue weighted by Crippen LogP contribution is -2.01. The number of hydrogen-bond acceptors (Lipinski definition) is 2. The summed E-state index contributed by atoms with van der Waals surface area (Å²) in [7, 11) is 0. The van der Waals surface area contributed by atoms with Crippen molar-refractivity contribution >= 4 is 22.7 Å². The Morgan fingerprint density at radius 3 is 2.24 bits per heavy atom. The van der Waals surface area contributed by atoms with Gasteiger partial charge >= 0.3 is 5.51 Å². The van der Waals surface area contributed by atoms with Crippen LogP contribution < -0.4 is 0 Å². The fraction of sp³-hybridized carbons (Fsp3) is 0.0625. The molecule has 0 N–H and O–H groups in total. The van der Waals surface area contributed by atoms with E-state index in [-0.39, 0.29) is 16.7 Å². The van der Waals surface area contributed by atoms with E-state index in [2.05, 4.69) is 4.98 Å². The van der Waals surface area contributed by atoms with Crippen LogP contribution in [0.5, 0.6) is 0 Å². The first-order valence-corrected chi connectivity index (χ1v) is 7.05. The van der Waals surface area contributed by atoms with Crippen LogP contribution >= 0.6 is 11.8 Å². The Morgan fingerprint density at radius 1 is 0.857 bits per heavy atom. The average Bonchev–Trinajstić information content (AvgIpc) is 2.46. The molecule has 0 amide bonds. The van der Waals surface area contributed by atoms with Gasteiger partial charge in [0.1, 0.15) is 0 Å². The molecule has 3 rings (SSSR count). The van der Waals surface area contributed by atoms with Crippen molar-refractivity contribution in [3.63, 3.8) is 0 Å². The highest BCUT2D eigenvalue weighted by atomic mass is 32.2. The van der Waals surface area contributed by atoms with Crippen molar-refractivity contribution in [1.29, 1.82) is 0 Å². The van der Waals surface area contributed by atoms with Gasteiger partial charge in [-0.15, -0.1) is 0 Å². The maximum Gasteiger partial charge on any atom is 0.446 e. The fourth-order valence-corrected chi connectivity index (χ4v) is 2.80. The van der Waals surface area contributed by atoms with Crippen molar-refractivity contribution < 1.29 is 13.2 Å². The highest BCUT2D eigenvalue weighted by Gasteiger charge is 2.31. The molecule has 106 valence electrons. The molecule has 1 nitrogen and oxygen atoms in total. The number of thioether (sulfide) groups is 1. The summed E-state index contributed by atoms with van der Waals surface area (Å²) < 4.78 is 38.3. The lowest BCUT2D eigenvalue weighted by Gasteiger charge is -2.12. The maximum absolute atomic E-state index is 12.8. The van der Waals surface area contributed by atoms with E-state index in [1.54, 1.807) is 48.5 Å². The van der Waals surface area contributed by atoms with Gasteiger partial charge in [-0.1, -0.05) is 48.5 Å². The van der Waals surface area contributed by atoms with Crippen LogP contribution in [0, 0.1) is 0 Å². The summed E-state index contributed by atoms with van der Waals surface area (Å²) in [5.74, 6) is 0. The van der Waals surface area contributed by atoms with Gasteiger partial charge in [0.15, 0.2) is 0 Å². The molecule has 0 aliphatic carbocycles. The van der Waals surface area contributed by atoms with Crippen LogP contribution in [0.3, 0.4) is 0 Å². The number of para-hydroxylation sites is 1. The van der Waals surface area contributed by atoms with Crippen molar-refractivity contribution in [2.24, 2.45) is 0 Å². The number of benzene rings is 2. The van der Waals surface area contributed by atoms with Crippen LogP contribution in [0.1, 0.15) is 0 Å². The van der Waals surface area contributed by atoms with Crippen LogP contribution in [-0.2, 0) is 0 Å². The minimum Gasteiger partial charge on any atom is -0.247 e. The van der Waals surface area contributed by atoms with E-state index >= 15 is 0 Å². The number of halogens is 3. The largest absolute Gasteiger partial charge is 0.446 e. The second-order valence-corrected chi connectivity index (χ2v) is 5.55. The predicted molar refractivity (Wildman–Crippen MR) is 79.1 cm³/mol. The van der Waals surface area contributed by atoms with E-state index < -0.39 is 5.51 Å². The summed E-state index contributed by atoms with van der Waals surface area (Å²) in [6.07, 6.45) is 0. The van der Waals surface area contributed by atoms with E-state index in [0.29, 0.717) is 22.2 Å². The molecule has 0 atom stereocenters. The molecule has 0 radical (unpaired) electrons. The molecule has 0 aliphatic rings. The smallest absolute Gasteiger partial charge is 0.247 e. The van der Waals surface area contributed by atoms with Gasteiger partial charge in [-0.25, -0.2) is 4.98 Å². The third-order valence-corrected chi connectivity index (χ3v) is 3.72. The van der Waals surface area contributed by atoms with Gasteiger partial charge in [0.2, 0.25) is 0 Å². The van der Waals surface area contributed by atoms with Gasteiger partial charge in [-0.2, -0.15) is 13.2 Å². The maximum atomic E-state index is 12.8. The molecular formula is C16H10F3NS. The zero-order chi connectivity index (χ0) is 14.9. The molecular weight excluding hydrogens is 295 g/mol. The Hall–Kier alpha value is -2.01. The number of hydrogen-bond donors (Lipinski definition) is 0. The predicted octanol–water partition coefficient (Wildman–Crippen LogP) is 5.51. The standard InChI is InChI=1S/C16H10F3NS/c17-16(18,19)21-14-10-12-8-4-5-9-13(12)20-15(14)11-6-2-1-3-7-11/h1-10H. The third kappa shape index (κ3) is 3.19. The molecule has 0 aliphatic heterocycles. The summed E-state index contributed by atoms with van der Waals surface area (Å²) in [6, 6.07) is 17.6. The molecule has 0 spiro atoms. The van der Waals surface area contributed by atoms with Gasteiger partial charge in [0.05, 0.1) is 11.2 Å². The van der Waals surface area contributed by atoms with Crippen molar-refractivity contribution in [2.75, 3.05) is 0 Å². The van der Waals surface area contributed by atoms with E-state index in [1.807, 2.05) is 12.1 Å². The highest BCUT2D eigenvalue weighted by Crippen LogP contribution is 2.42. The third-order valence-electron chi connectivity index (χ3n) is 2.96. The zero-order valence-electron chi connectivity index (χ0n) is 10.8. The van der Waals surface area contributed by atoms with Crippen LogP contribution in [0.4, 0.5) is 13.2 Å². The van der Waals surface area contributed by atoms with Crippen molar-refractivity contribution in [2.45, 2.75) is 10.4 Å². The van der Waals surface area contributed by atoms with E-state index in [1.165, 1.54) is 0 Å². The van der Waals surface area contributed by atoms with Crippen LogP contribution in [0.15, 0.2) is 65.6 Å². The second-order valence-electron chi connectivity index (χ2n) is 4.44. The number of nitrogens with zero attached hydrogens (tertiary/aromatic N) is 1. The molecule has 0 bridgehead atoms. The van der Waals surface area contributed by atoms with Crippen molar-refractivity contribution in [3.8, 4) is 11.3 Å². The molecule has 0 saturated heterocycles. The first-order chi connectivity index (χ1) is 10.0. The molecule has 2 aromatic carbocycles. The first kappa shape index (κ1) is 13.9. The van der Waals surface area contributed by atoms with Gasteiger partial charge < -0.3 is 0 Å². The zero-order valence-corrected chi connectivity index (χ0v) is 11.6. The number of alkyl halides is 3. The van der Waals surface area contributed by atoms with Gasteiger partial charge in [0.25, 0.3) is 0 Å². The van der Waals surface area contributed by atoms with Gasteiger partial charge in [-0.3, -0.25) is 0 Å². The number of aromatic nitrogens is 1. The molecule has 21 heavy (non-hydrogen) atoms. The molecule has 1 heterocycles. The molecule has 1 aromatic heterocycles. The normalized spacial score (nSPS) is 11.8. The Bertz CT molecular complexity index is 769.